The van der Waals surface area contributed by atoms with Crippen LogP contribution < -0.4 is 0 Å². The molecule has 0 aromatic heterocycles. The van der Waals surface area contributed by atoms with Crippen LogP contribution in [0.4, 0.5) is 9.18 Å². The number of thioether (sulfide) groups is 1. The van der Waals surface area contributed by atoms with Crippen LogP contribution in [-0.4, -0.2) is 50.3 Å². The van der Waals surface area contributed by atoms with Gasteiger partial charge in [0, 0.05) is 25.3 Å². The van der Waals surface area contributed by atoms with Gasteiger partial charge in [0.25, 0.3) is 0 Å². The van der Waals surface area contributed by atoms with Gasteiger partial charge in [0.05, 0.1) is 17.7 Å². The lowest BCUT2D eigenvalue weighted by Crippen LogP contribution is -2.61. The van der Waals surface area contributed by atoms with Crippen molar-refractivity contribution in [1.29, 1.82) is 0 Å². The van der Waals surface area contributed by atoms with E-state index in [2.05, 4.69) is 0 Å². The molecule has 0 saturated carbocycles. The minimum atomic E-state index is -1.25. The second-order valence-corrected chi connectivity index (χ2v) is 8.22. The monoisotopic (exact) mass is 396 g/mol. The first-order chi connectivity index (χ1) is 12.6. The summed E-state index contributed by atoms with van der Waals surface area (Å²) in [7, 11) is 0. The van der Waals surface area contributed by atoms with E-state index < -0.39 is 45.3 Å². The fraction of sp³-hybridized carbons (Fsp3) is 0.474. The Hall–Kier alpha value is -2.06. The molecule has 1 heterocycles. The first-order valence-electron chi connectivity index (χ1n) is 8.74. The van der Waals surface area contributed by atoms with E-state index in [1.54, 1.807) is 6.92 Å². The number of hydrogen-bond donors (Lipinski definition) is 1. The molecule has 0 spiro atoms. The molecule has 1 fully saturated rings. The molecule has 3 unspecified atom stereocenters. The molecule has 6 nitrogen and oxygen atoms in total. The van der Waals surface area contributed by atoms with Crippen molar-refractivity contribution in [3.05, 3.63) is 35.6 Å². The summed E-state index contributed by atoms with van der Waals surface area (Å²) in [6.45, 7) is 4.60. The van der Waals surface area contributed by atoms with E-state index in [4.69, 9.17) is 0 Å². The number of nitrogens with zero attached hydrogens (tertiary/aromatic N) is 1. The van der Waals surface area contributed by atoms with Crippen molar-refractivity contribution in [3.63, 3.8) is 0 Å². The summed E-state index contributed by atoms with van der Waals surface area (Å²) in [5.74, 6) is -2.79. The van der Waals surface area contributed by atoms with Crippen molar-refractivity contribution in [1.82, 2.24) is 0 Å². The molecule has 1 aliphatic rings. The topological polar surface area (TPSA) is 88.5 Å². The van der Waals surface area contributed by atoms with Crippen LogP contribution in [0, 0.1) is 11.7 Å². The Morgan fingerprint density at radius 3 is 2.44 bits per heavy atom. The van der Waals surface area contributed by atoms with Gasteiger partial charge in [-0.1, -0.05) is 23.9 Å². The summed E-state index contributed by atoms with van der Waals surface area (Å²) >= 11 is 0.681. The minimum Gasteiger partial charge on any atom is -0.435 e. The lowest BCUT2D eigenvalue weighted by Gasteiger charge is -2.33. The van der Waals surface area contributed by atoms with Crippen LogP contribution >= 0.6 is 11.8 Å². The Kier molecular flexibility index (Phi) is 6.54. The van der Waals surface area contributed by atoms with E-state index in [1.165, 1.54) is 32.0 Å². The molecular weight excluding hydrogens is 373 g/mol. The van der Waals surface area contributed by atoms with Crippen molar-refractivity contribution >= 4 is 34.7 Å². The smallest absolute Gasteiger partial charge is 0.435 e. The Labute approximate surface area is 161 Å². The number of likely N-dealkylation sites (tertiary alicyclic amines) is 1. The predicted octanol–water partition coefficient (Wildman–Crippen LogP) is 3.50. The van der Waals surface area contributed by atoms with Crippen molar-refractivity contribution in [3.8, 4) is 0 Å². The molecule has 1 aromatic rings. The number of hydrogen-bond acceptors (Lipinski definition) is 5. The number of ketones is 1. The highest BCUT2D eigenvalue weighted by Gasteiger charge is 2.56. The maximum atomic E-state index is 13.5. The summed E-state index contributed by atoms with van der Waals surface area (Å²) in [6, 6.07) is 4.61. The molecule has 2 amide bonds. The van der Waals surface area contributed by atoms with Crippen molar-refractivity contribution < 1.29 is 33.2 Å². The van der Waals surface area contributed by atoms with E-state index >= 15 is 0 Å². The molecule has 1 saturated heterocycles. The van der Waals surface area contributed by atoms with Gasteiger partial charge in [-0.05, 0) is 26.0 Å². The predicted molar refractivity (Wildman–Crippen MR) is 98.8 cm³/mol. The number of carbonyl (C=O) groups is 4. The molecule has 1 N–H and O–H groups in total. The number of benzene rings is 1. The standard InChI is InChI=1S/C19H22FNO5S/c1-11-6-5-9-21(11,19(25)26)18(24)12(2)17(27-13(3)22)16(23)14-7-4-8-15(20)10-14/h4,7-8,10-12,17H,5-6,9H2,1-3H3/p+1/t11-,12?,17?,21?/m1/s1. The molecule has 0 bridgehead atoms. The molecule has 27 heavy (non-hydrogen) atoms. The molecule has 146 valence electrons. The zero-order valence-electron chi connectivity index (χ0n) is 15.5. The third-order valence-corrected chi connectivity index (χ3v) is 6.33. The van der Waals surface area contributed by atoms with Crippen molar-refractivity contribution in [2.75, 3.05) is 6.54 Å². The van der Waals surface area contributed by atoms with Crippen LogP contribution in [0.25, 0.3) is 0 Å². The fourth-order valence-corrected chi connectivity index (χ4v) is 4.56. The Morgan fingerprint density at radius 1 is 1.30 bits per heavy atom. The highest BCUT2D eigenvalue weighted by atomic mass is 32.2. The molecular formula is C19H23FNO5S+. The van der Waals surface area contributed by atoms with Crippen LogP contribution in [-0.2, 0) is 9.59 Å². The van der Waals surface area contributed by atoms with E-state index in [-0.39, 0.29) is 17.2 Å². The third kappa shape index (κ3) is 4.11. The van der Waals surface area contributed by atoms with Gasteiger partial charge in [0.1, 0.15) is 11.9 Å². The SMILES string of the molecule is CC(=O)SC(C(=O)c1cccc(F)c1)C(C)C(=O)[N+]1(C(=O)O)CCC[C@H]1C. The molecule has 1 aliphatic heterocycles. The number of imide groups is 1. The number of rotatable bonds is 5. The summed E-state index contributed by atoms with van der Waals surface area (Å²) in [5.41, 5.74) is 0.0461. The Bertz CT molecular complexity index is 783. The largest absolute Gasteiger partial charge is 0.521 e. The number of Topliss-reactive ketones (excluding diaryl/α,β-unsaturated/α-hetero) is 1. The normalized spacial score (nSPS) is 24.2. The molecule has 0 aliphatic carbocycles. The molecule has 8 heteroatoms. The fourth-order valence-electron chi connectivity index (χ4n) is 3.64. The minimum absolute atomic E-state index is 0.0461. The van der Waals surface area contributed by atoms with Crippen LogP contribution in [0.15, 0.2) is 24.3 Å². The van der Waals surface area contributed by atoms with Crippen LogP contribution in [0.3, 0.4) is 0 Å². The van der Waals surface area contributed by atoms with Gasteiger partial charge in [-0.2, -0.15) is 9.28 Å². The van der Waals surface area contributed by atoms with E-state index in [0.717, 1.165) is 6.07 Å². The van der Waals surface area contributed by atoms with Crippen LogP contribution in [0.2, 0.25) is 0 Å². The number of carboxylic acid groups (broad SMARTS) is 1. The highest BCUT2D eigenvalue weighted by molar-refractivity contribution is 8.14. The van der Waals surface area contributed by atoms with Gasteiger partial charge in [0.15, 0.2) is 10.9 Å². The lowest BCUT2D eigenvalue weighted by molar-refractivity contribution is -0.794. The van der Waals surface area contributed by atoms with Crippen molar-refractivity contribution in [2.45, 2.75) is 44.9 Å². The maximum Gasteiger partial charge on any atom is 0.521 e. The number of amides is 2. The van der Waals surface area contributed by atoms with Gasteiger partial charge in [0.2, 0.25) is 0 Å². The Balaban J connectivity index is 2.40. The van der Waals surface area contributed by atoms with E-state index in [0.29, 0.717) is 24.6 Å². The van der Waals surface area contributed by atoms with Gasteiger partial charge < -0.3 is 5.11 Å². The van der Waals surface area contributed by atoms with E-state index in [1.807, 2.05) is 0 Å². The number of halogens is 1. The Morgan fingerprint density at radius 2 is 1.96 bits per heavy atom. The molecule has 0 radical (unpaired) electrons. The second kappa shape index (κ2) is 8.31. The van der Waals surface area contributed by atoms with E-state index in [9.17, 15) is 28.7 Å². The highest BCUT2D eigenvalue weighted by Crippen LogP contribution is 2.34. The van der Waals surface area contributed by atoms with Crippen LogP contribution in [0.1, 0.15) is 44.0 Å². The summed E-state index contributed by atoms with van der Waals surface area (Å²) in [5, 5.41) is 8.27. The van der Waals surface area contributed by atoms with Gasteiger partial charge in [-0.15, -0.1) is 0 Å². The molecule has 1 aromatic carbocycles. The average Bonchev–Trinajstić information content (AvgIpc) is 3.00. The number of carbonyl (C=O) groups excluding carboxylic acids is 3. The first kappa shape index (κ1) is 21.2. The molecule has 4 atom stereocenters. The third-order valence-electron chi connectivity index (χ3n) is 5.12. The number of quaternary nitrogens is 1. The first-order valence-corrected chi connectivity index (χ1v) is 9.62. The van der Waals surface area contributed by atoms with Gasteiger partial charge in [-0.25, -0.2) is 9.18 Å². The zero-order valence-corrected chi connectivity index (χ0v) is 16.3. The quantitative estimate of drug-likeness (QED) is 0.605. The second-order valence-electron chi connectivity index (χ2n) is 6.90. The van der Waals surface area contributed by atoms with Gasteiger partial charge >= 0.3 is 12.0 Å². The van der Waals surface area contributed by atoms with Gasteiger partial charge in [-0.3, -0.25) is 9.59 Å². The van der Waals surface area contributed by atoms with Crippen LogP contribution in [0.5, 0.6) is 0 Å². The lowest BCUT2D eigenvalue weighted by atomic mass is 9.96. The molecule has 2 rings (SSSR count). The van der Waals surface area contributed by atoms with Crippen molar-refractivity contribution in [2.24, 2.45) is 5.92 Å². The summed E-state index contributed by atoms with van der Waals surface area (Å²) < 4.78 is 12.8. The zero-order chi connectivity index (χ0) is 20.4. The summed E-state index contributed by atoms with van der Waals surface area (Å²) in [4.78, 5) is 49.7. The maximum absolute atomic E-state index is 13.5. The average molecular weight is 396 g/mol. The summed E-state index contributed by atoms with van der Waals surface area (Å²) in [6.07, 6.45) is -0.0665.